The summed E-state index contributed by atoms with van der Waals surface area (Å²) in [6.45, 7) is 6.21. The zero-order valence-electron chi connectivity index (χ0n) is 12.2. The molecular weight excluding hydrogens is 240 g/mol. The summed E-state index contributed by atoms with van der Waals surface area (Å²) in [6.07, 6.45) is 0. The Bertz CT molecular complexity index is 450. The van der Waals surface area contributed by atoms with Crippen molar-refractivity contribution in [1.82, 2.24) is 5.32 Å². The molecule has 0 saturated carbocycles. The number of ether oxygens (including phenoxy) is 2. The molecule has 1 aliphatic heterocycles. The lowest BCUT2D eigenvalue weighted by atomic mass is 9.74. The second-order valence-corrected chi connectivity index (χ2v) is 5.48. The van der Waals surface area contributed by atoms with E-state index in [0.717, 1.165) is 5.75 Å². The van der Waals surface area contributed by atoms with Crippen molar-refractivity contribution < 1.29 is 9.47 Å². The van der Waals surface area contributed by atoms with Crippen molar-refractivity contribution in [3.63, 3.8) is 0 Å². The van der Waals surface area contributed by atoms with Gasteiger partial charge in [-0.05, 0) is 38.1 Å². The second-order valence-electron chi connectivity index (χ2n) is 5.48. The maximum atomic E-state index is 5.99. The molecule has 1 unspecified atom stereocenters. The third-order valence-electron chi connectivity index (χ3n) is 4.09. The molecule has 1 saturated heterocycles. The fraction of sp³-hybridized carbons (Fsp3) is 0.600. The van der Waals surface area contributed by atoms with E-state index in [-0.39, 0.29) is 11.5 Å². The van der Waals surface area contributed by atoms with E-state index in [0.29, 0.717) is 19.8 Å². The lowest BCUT2D eigenvalue weighted by molar-refractivity contribution is -0.127. The SMILES string of the molecule is CNC(c1c(C)cc(C)cc1OC)C1(CN)COC1. The molecule has 0 bridgehead atoms. The largest absolute Gasteiger partial charge is 0.496 e. The van der Waals surface area contributed by atoms with Gasteiger partial charge in [-0.15, -0.1) is 0 Å². The first-order valence-corrected chi connectivity index (χ1v) is 6.68. The predicted octanol–water partition coefficient (Wildman–Crippen LogP) is 1.55. The molecule has 1 fully saturated rings. The average molecular weight is 264 g/mol. The van der Waals surface area contributed by atoms with Crippen molar-refractivity contribution in [3.8, 4) is 5.75 Å². The maximum Gasteiger partial charge on any atom is 0.124 e. The van der Waals surface area contributed by atoms with E-state index in [4.69, 9.17) is 15.2 Å². The van der Waals surface area contributed by atoms with Crippen LogP contribution in [0.4, 0.5) is 0 Å². The number of methoxy groups -OCH3 is 1. The van der Waals surface area contributed by atoms with Gasteiger partial charge in [-0.3, -0.25) is 0 Å². The number of hydrogen-bond donors (Lipinski definition) is 2. The van der Waals surface area contributed by atoms with Gasteiger partial charge in [0.25, 0.3) is 0 Å². The van der Waals surface area contributed by atoms with E-state index in [2.05, 4.69) is 31.3 Å². The van der Waals surface area contributed by atoms with Crippen LogP contribution in [0.3, 0.4) is 0 Å². The summed E-state index contributed by atoms with van der Waals surface area (Å²) >= 11 is 0. The normalized spacial score (nSPS) is 18.8. The molecule has 0 amide bonds. The molecule has 3 N–H and O–H groups in total. The maximum absolute atomic E-state index is 5.99. The van der Waals surface area contributed by atoms with Crippen LogP contribution in [-0.4, -0.2) is 33.9 Å². The van der Waals surface area contributed by atoms with E-state index in [1.54, 1.807) is 7.11 Å². The number of rotatable bonds is 5. The molecule has 1 aromatic rings. The van der Waals surface area contributed by atoms with Crippen molar-refractivity contribution in [2.24, 2.45) is 11.1 Å². The zero-order chi connectivity index (χ0) is 14.0. The highest BCUT2D eigenvalue weighted by Crippen LogP contribution is 2.44. The van der Waals surface area contributed by atoms with E-state index >= 15 is 0 Å². The molecule has 0 aliphatic carbocycles. The Labute approximate surface area is 115 Å². The summed E-state index contributed by atoms with van der Waals surface area (Å²) in [7, 11) is 3.69. The summed E-state index contributed by atoms with van der Waals surface area (Å²) in [4.78, 5) is 0. The van der Waals surface area contributed by atoms with Gasteiger partial charge in [0.2, 0.25) is 0 Å². The highest BCUT2D eigenvalue weighted by atomic mass is 16.5. The molecule has 1 aromatic carbocycles. The van der Waals surface area contributed by atoms with Crippen LogP contribution in [0.15, 0.2) is 12.1 Å². The van der Waals surface area contributed by atoms with Crippen molar-refractivity contribution in [2.45, 2.75) is 19.9 Å². The van der Waals surface area contributed by atoms with E-state index in [9.17, 15) is 0 Å². The van der Waals surface area contributed by atoms with Crippen molar-refractivity contribution >= 4 is 0 Å². The van der Waals surface area contributed by atoms with E-state index in [1.807, 2.05) is 7.05 Å². The van der Waals surface area contributed by atoms with Crippen LogP contribution in [0, 0.1) is 19.3 Å². The molecule has 0 aromatic heterocycles. The van der Waals surface area contributed by atoms with Gasteiger partial charge in [0.15, 0.2) is 0 Å². The number of nitrogens with two attached hydrogens (primary N) is 1. The smallest absolute Gasteiger partial charge is 0.124 e. The standard InChI is InChI=1S/C15H24N2O2/c1-10-5-11(2)13(12(6-10)18-4)14(17-3)15(7-16)8-19-9-15/h5-6,14,17H,7-9,16H2,1-4H3. The van der Waals surface area contributed by atoms with Crippen LogP contribution in [0.5, 0.6) is 5.75 Å². The van der Waals surface area contributed by atoms with Crippen molar-refractivity contribution in [2.75, 3.05) is 33.9 Å². The number of benzene rings is 1. The molecule has 4 heteroatoms. The second kappa shape index (κ2) is 5.49. The third kappa shape index (κ3) is 2.36. The molecular formula is C15H24N2O2. The third-order valence-corrected chi connectivity index (χ3v) is 4.09. The Hall–Kier alpha value is -1.10. The molecule has 106 valence electrons. The van der Waals surface area contributed by atoms with Gasteiger partial charge in [0.1, 0.15) is 5.75 Å². The highest BCUT2D eigenvalue weighted by molar-refractivity contribution is 5.46. The van der Waals surface area contributed by atoms with Crippen LogP contribution >= 0.6 is 0 Å². The van der Waals surface area contributed by atoms with E-state index < -0.39 is 0 Å². The number of hydrogen-bond acceptors (Lipinski definition) is 4. The predicted molar refractivity (Wildman–Crippen MR) is 76.6 cm³/mol. The van der Waals surface area contributed by atoms with Crippen LogP contribution in [0.2, 0.25) is 0 Å². The highest BCUT2D eigenvalue weighted by Gasteiger charge is 2.46. The van der Waals surface area contributed by atoms with Gasteiger partial charge in [-0.1, -0.05) is 6.07 Å². The summed E-state index contributed by atoms with van der Waals surface area (Å²) in [6, 6.07) is 4.42. The fourth-order valence-corrected chi connectivity index (χ4v) is 3.00. The molecule has 1 atom stereocenters. The molecule has 1 aliphatic rings. The lowest BCUT2D eigenvalue weighted by Gasteiger charge is -2.47. The molecule has 1 heterocycles. The van der Waals surface area contributed by atoms with Gasteiger partial charge in [-0.25, -0.2) is 0 Å². The first kappa shape index (κ1) is 14.3. The summed E-state index contributed by atoms with van der Waals surface area (Å²) in [5, 5.41) is 3.41. The Morgan fingerprint density at radius 1 is 1.42 bits per heavy atom. The Morgan fingerprint density at radius 2 is 2.11 bits per heavy atom. The first-order chi connectivity index (χ1) is 9.07. The number of nitrogens with one attached hydrogen (secondary N) is 1. The monoisotopic (exact) mass is 264 g/mol. The van der Waals surface area contributed by atoms with Gasteiger partial charge >= 0.3 is 0 Å². The van der Waals surface area contributed by atoms with Gasteiger partial charge in [0, 0.05) is 23.6 Å². The molecule has 19 heavy (non-hydrogen) atoms. The van der Waals surface area contributed by atoms with Crippen molar-refractivity contribution in [1.29, 1.82) is 0 Å². The summed E-state index contributed by atoms with van der Waals surface area (Å²) < 4.78 is 11.0. The topological polar surface area (TPSA) is 56.5 Å². The number of aryl methyl sites for hydroxylation is 2. The van der Waals surface area contributed by atoms with Gasteiger partial charge in [0.05, 0.1) is 20.3 Å². The minimum Gasteiger partial charge on any atom is -0.496 e. The minimum atomic E-state index is -0.0257. The van der Waals surface area contributed by atoms with Gasteiger partial charge in [-0.2, -0.15) is 0 Å². The Kier molecular flexibility index (Phi) is 4.13. The summed E-state index contributed by atoms with van der Waals surface area (Å²) in [5.74, 6) is 0.927. The van der Waals surface area contributed by atoms with Crippen LogP contribution in [0.25, 0.3) is 0 Å². The lowest BCUT2D eigenvalue weighted by Crippen LogP contribution is -2.55. The Balaban J connectivity index is 2.49. The molecule has 0 radical (unpaired) electrons. The van der Waals surface area contributed by atoms with Gasteiger partial charge < -0.3 is 20.5 Å². The van der Waals surface area contributed by atoms with Crippen LogP contribution < -0.4 is 15.8 Å². The molecule has 0 spiro atoms. The summed E-state index contributed by atoms with van der Waals surface area (Å²) in [5.41, 5.74) is 9.61. The zero-order valence-corrected chi connectivity index (χ0v) is 12.2. The van der Waals surface area contributed by atoms with Crippen molar-refractivity contribution in [3.05, 3.63) is 28.8 Å². The first-order valence-electron chi connectivity index (χ1n) is 6.68. The van der Waals surface area contributed by atoms with Crippen LogP contribution in [-0.2, 0) is 4.74 Å². The fourth-order valence-electron chi connectivity index (χ4n) is 3.00. The average Bonchev–Trinajstić information content (AvgIpc) is 2.34. The quantitative estimate of drug-likeness (QED) is 0.847. The molecule has 2 rings (SSSR count). The van der Waals surface area contributed by atoms with Crippen LogP contribution in [0.1, 0.15) is 22.7 Å². The molecule has 4 nitrogen and oxygen atoms in total. The van der Waals surface area contributed by atoms with E-state index in [1.165, 1.54) is 16.7 Å². The Morgan fingerprint density at radius 3 is 2.53 bits per heavy atom. The minimum absolute atomic E-state index is 0.0257.